The molecule has 0 radical (unpaired) electrons. The first kappa shape index (κ1) is 19.6. The van der Waals surface area contributed by atoms with Crippen LogP contribution >= 0.6 is 0 Å². The summed E-state index contributed by atoms with van der Waals surface area (Å²) >= 11 is 0. The summed E-state index contributed by atoms with van der Waals surface area (Å²) in [4.78, 5) is 49.0. The lowest BCUT2D eigenvalue weighted by molar-refractivity contribution is -0.384. The van der Waals surface area contributed by atoms with Crippen LogP contribution in [0.4, 0.5) is 5.69 Å². The van der Waals surface area contributed by atoms with Gasteiger partial charge in [-0.2, -0.15) is 5.01 Å². The largest absolute Gasteiger partial charge is 0.280 e. The number of carbonyl (C=O) groups is 3. The van der Waals surface area contributed by atoms with Crippen LogP contribution in [0.2, 0.25) is 0 Å². The van der Waals surface area contributed by atoms with Crippen LogP contribution in [0.15, 0.2) is 78.9 Å². The lowest BCUT2D eigenvalue weighted by Crippen LogP contribution is -2.47. The summed E-state index contributed by atoms with van der Waals surface area (Å²) in [5.74, 6) is -2.43. The first-order valence-corrected chi connectivity index (χ1v) is 10.0. The summed E-state index contributed by atoms with van der Waals surface area (Å²) in [7, 11) is 0. The number of imide groups is 1. The van der Waals surface area contributed by atoms with Gasteiger partial charge in [0.1, 0.15) is 0 Å². The molecule has 8 nitrogen and oxygen atoms in total. The number of fused-ring (bicyclic) bond motifs is 1. The predicted molar refractivity (Wildman–Crippen MR) is 114 cm³/mol. The second-order valence-electron chi connectivity index (χ2n) is 7.87. The Balaban J connectivity index is 1.43. The van der Waals surface area contributed by atoms with E-state index >= 15 is 0 Å². The van der Waals surface area contributed by atoms with Gasteiger partial charge in [-0.1, -0.05) is 60.7 Å². The van der Waals surface area contributed by atoms with Gasteiger partial charge in [0.25, 0.3) is 17.5 Å². The lowest BCUT2D eigenvalue weighted by atomic mass is 9.85. The van der Waals surface area contributed by atoms with Crippen molar-refractivity contribution in [3.05, 3.63) is 111 Å². The maximum Gasteiger partial charge on any atom is 0.280 e. The Morgan fingerprint density at radius 2 is 1.47 bits per heavy atom. The van der Waals surface area contributed by atoms with Crippen molar-refractivity contribution in [3.8, 4) is 0 Å². The van der Waals surface area contributed by atoms with Crippen LogP contribution in [0, 0.1) is 16.0 Å². The van der Waals surface area contributed by atoms with Gasteiger partial charge in [0.05, 0.1) is 22.0 Å². The number of carbonyl (C=O) groups excluding carboxylic acids is 3. The fourth-order valence-electron chi connectivity index (χ4n) is 4.49. The Morgan fingerprint density at radius 3 is 2.03 bits per heavy atom. The molecule has 32 heavy (non-hydrogen) atoms. The number of nitro groups is 1. The molecule has 8 heteroatoms. The van der Waals surface area contributed by atoms with Gasteiger partial charge >= 0.3 is 0 Å². The predicted octanol–water partition coefficient (Wildman–Crippen LogP) is 3.23. The topological polar surface area (TPSA) is 110 Å². The fraction of sp³-hybridized carbons (Fsp3) is 0.125. The number of nitrogens with one attached hydrogen (secondary N) is 1. The molecule has 1 aliphatic heterocycles. The van der Waals surface area contributed by atoms with Crippen molar-refractivity contribution < 1.29 is 19.3 Å². The molecule has 0 bridgehead atoms. The summed E-state index contributed by atoms with van der Waals surface area (Å²) in [6, 6.07) is 22.7. The highest BCUT2D eigenvalue weighted by Gasteiger charge is 2.60. The molecular formula is C24H17N3O5. The number of hydrogen-bond acceptors (Lipinski definition) is 5. The van der Waals surface area contributed by atoms with E-state index in [-0.39, 0.29) is 16.8 Å². The summed E-state index contributed by atoms with van der Waals surface area (Å²) in [6.45, 7) is 0. The Kier molecular flexibility index (Phi) is 4.37. The monoisotopic (exact) mass is 427 g/mol. The molecule has 1 N–H and O–H groups in total. The van der Waals surface area contributed by atoms with E-state index in [1.807, 2.05) is 60.7 Å². The molecule has 0 aromatic heterocycles. The van der Waals surface area contributed by atoms with Crippen molar-refractivity contribution in [3.63, 3.8) is 0 Å². The van der Waals surface area contributed by atoms with Crippen molar-refractivity contribution >= 4 is 23.4 Å². The minimum Gasteiger partial charge on any atom is -0.273 e. The molecule has 1 fully saturated rings. The van der Waals surface area contributed by atoms with Crippen LogP contribution in [0.3, 0.4) is 0 Å². The highest BCUT2D eigenvalue weighted by molar-refractivity contribution is 6.22. The van der Waals surface area contributed by atoms with Gasteiger partial charge in [-0.25, -0.2) is 0 Å². The highest BCUT2D eigenvalue weighted by Crippen LogP contribution is 2.59. The zero-order valence-electron chi connectivity index (χ0n) is 16.7. The van der Waals surface area contributed by atoms with Gasteiger partial charge in [0.15, 0.2) is 0 Å². The van der Waals surface area contributed by atoms with E-state index in [1.165, 1.54) is 6.07 Å². The van der Waals surface area contributed by atoms with Gasteiger partial charge in [-0.05, 0) is 23.6 Å². The summed E-state index contributed by atoms with van der Waals surface area (Å²) in [5, 5.41) is 11.7. The van der Waals surface area contributed by atoms with Gasteiger partial charge < -0.3 is 0 Å². The summed E-state index contributed by atoms with van der Waals surface area (Å²) < 4.78 is 0. The smallest absolute Gasteiger partial charge is 0.273 e. The minimum absolute atomic E-state index is 0.0223. The van der Waals surface area contributed by atoms with Gasteiger partial charge in [-0.15, -0.1) is 0 Å². The number of benzene rings is 3. The summed E-state index contributed by atoms with van der Waals surface area (Å²) in [5.41, 5.74) is 3.48. The molecular weight excluding hydrogens is 410 g/mol. The molecule has 5 rings (SSSR count). The van der Waals surface area contributed by atoms with Gasteiger partial charge in [-0.3, -0.25) is 29.9 Å². The molecule has 0 saturated heterocycles. The van der Waals surface area contributed by atoms with Crippen LogP contribution in [0.25, 0.3) is 0 Å². The normalized spacial score (nSPS) is 18.2. The molecule has 2 aliphatic rings. The number of rotatable bonds is 5. The van der Waals surface area contributed by atoms with E-state index in [4.69, 9.17) is 0 Å². The van der Waals surface area contributed by atoms with Crippen molar-refractivity contribution in [1.82, 2.24) is 10.4 Å². The molecule has 1 unspecified atom stereocenters. The van der Waals surface area contributed by atoms with Gasteiger partial charge in [0.2, 0.25) is 5.91 Å². The highest BCUT2D eigenvalue weighted by atomic mass is 16.6. The Hall–Kier alpha value is -4.33. The van der Waals surface area contributed by atoms with Crippen molar-refractivity contribution in [2.45, 2.75) is 11.8 Å². The molecule has 158 valence electrons. The number of nitro benzene ring substituents is 1. The zero-order chi connectivity index (χ0) is 22.5. The average molecular weight is 427 g/mol. The van der Waals surface area contributed by atoms with Crippen LogP contribution < -0.4 is 5.43 Å². The second-order valence-corrected chi connectivity index (χ2v) is 7.87. The lowest BCUT2D eigenvalue weighted by Gasteiger charge is -2.20. The van der Waals surface area contributed by atoms with E-state index in [0.717, 1.165) is 23.3 Å². The number of non-ortho nitro benzene ring substituents is 1. The van der Waals surface area contributed by atoms with Crippen LogP contribution in [-0.2, 0) is 10.2 Å². The molecule has 3 amide bonds. The Bertz CT molecular complexity index is 1230. The molecule has 3 aromatic carbocycles. The molecule has 1 saturated carbocycles. The Morgan fingerprint density at radius 1 is 0.906 bits per heavy atom. The number of amides is 3. The quantitative estimate of drug-likeness (QED) is 0.382. The second kappa shape index (κ2) is 7.12. The number of hydrogen-bond donors (Lipinski definition) is 1. The van der Waals surface area contributed by atoms with Crippen LogP contribution in [-0.4, -0.2) is 27.7 Å². The molecule has 0 spiro atoms. The van der Waals surface area contributed by atoms with E-state index in [2.05, 4.69) is 5.43 Å². The standard InChI is InChI=1S/C24H17N3O5/c28-21(25-26-22(29)18-12-11-17(27(31)32)13-19(18)23(26)30)20-14-24(20,15-7-3-1-4-8-15)16-9-5-2-6-10-16/h1-13,20H,14H2,(H,25,28). The third kappa shape index (κ3) is 2.88. The van der Waals surface area contributed by atoms with Crippen LogP contribution in [0.1, 0.15) is 38.3 Å². The van der Waals surface area contributed by atoms with E-state index in [9.17, 15) is 24.5 Å². The van der Waals surface area contributed by atoms with Crippen LogP contribution in [0.5, 0.6) is 0 Å². The number of hydrazine groups is 1. The molecule has 3 aromatic rings. The van der Waals surface area contributed by atoms with E-state index in [0.29, 0.717) is 11.4 Å². The molecule has 1 atom stereocenters. The number of nitrogens with zero attached hydrogens (tertiary/aromatic N) is 2. The maximum absolute atomic E-state index is 13.2. The Labute approximate surface area is 182 Å². The minimum atomic E-state index is -0.785. The first-order chi connectivity index (χ1) is 15.4. The van der Waals surface area contributed by atoms with Crippen molar-refractivity contribution in [2.75, 3.05) is 0 Å². The van der Waals surface area contributed by atoms with Crippen molar-refractivity contribution in [2.24, 2.45) is 5.92 Å². The van der Waals surface area contributed by atoms with E-state index in [1.54, 1.807) is 0 Å². The molecule has 1 heterocycles. The summed E-state index contributed by atoms with van der Waals surface area (Å²) in [6.07, 6.45) is 0.529. The third-order valence-electron chi connectivity index (χ3n) is 6.16. The third-order valence-corrected chi connectivity index (χ3v) is 6.16. The fourth-order valence-corrected chi connectivity index (χ4v) is 4.49. The SMILES string of the molecule is O=C(NN1C(=O)c2ccc([N+](=O)[O-])cc2C1=O)C1CC1(c1ccccc1)c1ccccc1. The average Bonchev–Trinajstić information content (AvgIpc) is 3.55. The maximum atomic E-state index is 13.2. The first-order valence-electron chi connectivity index (χ1n) is 10.0. The van der Waals surface area contributed by atoms with Crippen molar-refractivity contribution in [1.29, 1.82) is 0 Å². The zero-order valence-corrected chi connectivity index (χ0v) is 16.7. The molecule has 1 aliphatic carbocycles. The van der Waals surface area contributed by atoms with E-state index < -0.39 is 34.0 Å². The van der Waals surface area contributed by atoms with Gasteiger partial charge in [0, 0.05) is 17.5 Å².